The lowest BCUT2D eigenvalue weighted by Gasteiger charge is -2.15. The Morgan fingerprint density at radius 2 is 2.31 bits per heavy atom. The average Bonchev–Trinajstić information content (AvgIpc) is 3.20. The highest BCUT2D eigenvalue weighted by atomic mass is 127. The zero-order chi connectivity index (χ0) is 18.3. The quantitative estimate of drug-likeness (QED) is 0.557. The van der Waals surface area contributed by atoms with Crippen molar-refractivity contribution >= 4 is 60.7 Å². The minimum atomic E-state index is -0.389. The van der Waals surface area contributed by atoms with Gasteiger partial charge in [-0.25, -0.2) is 14.4 Å². The van der Waals surface area contributed by atoms with Crippen LogP contribution in [0.25, 0.3) is 10.2 Å². The van der Waals surface area contributed by atoms with Crippen molar-refractivity contribution in [1.82, 2.24) is 10.0 Å². The van der Waals surface area contributed by atoms with Crippen molar-refractivity contribution in [2.45, 2.75) is 6.04 Å². The molecule has 6 nitrogen and oxygen atoms in total. The third-order valence-electron chi connectivity index (χ3n) is 3.93. The van der Waals surface area contributed by atoms with Crippen LogP contribution in [0.5, 0.6) is 0 Å². The van der Waals surface area contributed by atoms with Crippen LogP contribution in [-0.2, 0) is 4.84 Å². The summed E-state index contributed by atoms with van der Waals surface area (Å²) in [5, 5.41) is 5.51. The van der Waals surface area contributed by atoms with Gasteiger partial charge in [0.15, 0.2) is 0 Å². The summed E-state index contributed by atoms with van der Waals surface area (Å²) in [7, 11) is 0. The second-order valence-corrected chi connectivity index (χ2v) is 8.08. The van der Waals surface area contributed by atoms with E-state index in [-0.39, 0.29) is 17.8 Å². The Bertz CT molecular complexity index is 996. The van der Waals surface area contributed by atoms with E-state index in [9.17, 15) is 9.18 Å². The second-order valence-electron chi connectivity index (χ2n) is 5.83. The molecule has 1 unspecified atom stereocenters. The molecule has 1 fully saturated rings. The molecule has 3 heterocycles. The van der Waals surface area contributed by atoms with Gasteiger partial charge in [0, 0.05) is 15.2 Å². The fourth-order valence-electron chi connectivity index (χ4n) is 2.72. The number of nitrogens with two attached hydrogens (primary N) is 1. The molecule has 0 aliphatic carbocycles. The molecule has 0 bridgehead atoms. The number of thiophene rings is 1. The molecule has 1 amide bonds. The molecule has 1 aromatic carbocycles. The Morgan fingerprint density at radius 3 is 3.04 bits per heavy atom. The molecule has 3 N–H and O–H groups in total. The van der Waals surface area contributed by atoms with Crippen LogP contribution in [0.3, 0.4) is 0 Å². The van der Waals surface area contributed by atoms with Crippen molar-refractivity contribution in [2.75, 3.05) is 18.5 Å². The smallest absolute Gasteiger partial charge is 0.281 e. The molecule has 1 aliphatic rings. The summed E-state index contributed by atoms with van der Waals surface area (Å²) >= 11 is 3.34. The highest BCUT2D eigenvalue weighted by Gasteiger charge is 2.30. The molecule has 4 rings (SSSR count). The summed E-state index contributed by atoms with van der Waals surface area (Å²) in [4.78, 5) is 23.4. The van der Waals surface area contributed by atoms with Gasteiger partial charge >= 0.3 is 0 Å². The van der Waals surface area contributed by atoms with E-state index in [0.717, 1.165) is 3.57 Å². The molecule has 26 heavy (non-hydrogen) atoms. The van der Waals surface area contributed by atoms with Crippen molar-refractivity contribution in [3.05, 3.63) is 51.5 Å². The van der Waals surface area contributed by atoms with Crippen LogP contribution >= 0.6 is 33.9 Å². The molecule has 1 aliphatic heterocycles. The molecule has 0 spiro atoms. The number of anilines is 2. The van der Waals surface area contributed by atoms with Gasteiger partial charge in [-0.05, 0) is 52.9 Å². The fourth-order valence-corrected chi connectivity index (χ4v) is 4.22. The standard InChI is InChI=1S/C17H14FIN4O2S/c18-12-6-9(19)3-4-13(12)22-16-14(11-2-1-5-21-15(11)26-16)17(24)23-7-10(20)8-25-23/h1-6,10,22H,7-8,20H2. The number of hydrogen-bond donors (Lipinski definition) is 2. The van der Waals surface area contributed by atoms with E-state index >= 15 is 0 Å². The van der Waals surface area contributed by atoms with Crippen LogP contribution in [0.15, 0.2) is 36.5 Å². The van der Waals surface area contributed by atoms with Crippen LogP contribution in [0.1, 0.15) is 10.4 Å². The van der Waals surface area contributed by atoms with Crippen LogP contribution in [-0.4, -0.2) is 35.1 Å². The van der Waals surface area contributed by atoms with E-state index in [1.54, 1.807) is 24.4 Å². The number of fused-ring (bicyclic) bond motifs is 1. The Kier molecular flexibility index (Phi) is 4.78. The SMILES string of the molecule is NC1CON(C(=O)c2c(Nc3ccc(I)cc3F)sc3ncccc23)C1. The highest BCUT2D eigenvalue weighted by molar-refractivity contribution is 14.1. The summed E-state index contributed by atoms with van der Waals surface area (Å²) < 4.78 is 15.1. The number of nitrogens with zero attached hydrogens (tertiary/aromatic N) is 2. The van der Waals surface area contributed by atoms with Gasteiger partial charge in [-0.3, -0.25) is 9.63 Å². The second kappa shape index (κ2) is 7.06. The van der Waals surface area contributed by atoms with Gasteiger partial charge in [-0.2, -0.15) is 0 Å². The molecule has 134 valence electrons. The predicted molar refractivity (Wildman–Crippen MR) is 107 cm³/mol. The molecular formula is C17H14FIN4O2S. The van der Waals surface area contributed by atoms with Crippen LogP contribution in [0, 0.1) is 9.39 Å². The lowest BCUT2D eigenvalue weighted by atomic mass is 10.2. The maximum Gasteiger partial charge on any atom is 0.281 e. The number of nitrogens with one attached hydrogen (secondary N) is 1. The minimum absolute atomic E-state index is 0.216. The van der Waals surface area contributed by atoms with E-state index in [1.165, 1.54) is 22.5 Å². The molecule has 3 aromatic rings. The van der Waals surface area contributed by atoms with Gasteiger partial charge in [0.1, 0.15) is 15.6 Å². The van der Waals surface area contributed by atoms with E-state index in [2.05, 4.69) is 10.3 Å². The number of amides is 1. The molecule has 9 heteroatoms. The number of carbonyl (C=O) groups is 1. The van der Waals surface area contributed by atoms with Gasteiger partial charge in [-0.15, -0.1) is 0 Å². The molecule has 1 saturated heterocycles. The number of hydrogen-bond acceptors (Lipinski definition) is 6. The summed E-state index contributed by atoms with van der Waals surface area (Å²) in [6, 6.07) is 8.23. The van der Waals surface area contributed by atoms with Crippen molar-refractivity contribution in [3.8, 4) is 0 Å². The number of hydroxylamine groups is 2. The van der Waals surface area contributed by atoms with Crippen LogP contribution in [0.4, 0.5) is 15.1 Å². The predicted octanol–water partition coefficient (Wildman–Crippen LogP) is 3.50. The molecule has 0 radical (unpaired) electrons. The number of halogens is 2. The van der Waals surface area contributed by atoms with Crippen molar-refractivity contribution < 1.29 is 14.0 Å². The molecule has 0 saturated carbocycles. The van der Waals surface area contributed by atoms with Crippen molar-refractivity contribution in [3.63, 3.8) is 0 Å². The van der Waals surface area contributed by atoms with Gasteiger partial charge < -0.3 is 11.1 Å². The van der Waals surface area contributed by atoms with Crippen molar-refractivity contribution in [2.24, 2.45) is 5.73 Å². The van der Waals surface area contributed by atoms with E-state index in [0.29, 0.717) is 39.6 Å². The zero-order valence-electron chi connectivity index (χ0n) is 13.4. The van der Waals surface area contributed by atoms with E-state index in [4.69, 9.17) is 10.6 Å². The third-order valence-corrected chi connectivity index (χ3v) is 5.63. The van der Waals surface area contributed by atoms with Gasteiger partial charge in [0.2, 0.25) is 0 Å². The Labute approximate surface area is 166 Å². The normalized spacial score (nSPS) is 17.0. The van der Waals surface area contributed by atoms with E-state index < -0.39 is 0 Å². The number of aromatic nitrogens is 1. The van der Waals surface area contributed by atoms with Crippen LogP contribution in [0.2, 0.25) is 0 Å². The zero-order valence-corrected chi connectivity index (χ0v) is 16.4. The van der Waals surface area contributed by atoms with Crippen LogP contribution < -0.4 is 11.1 Å². The summed E-state index contributed by atoms with van der Waals surface area (Å²) in [6.07, 6.45) is 1.66. The largest absolute Gasteiger partial charge is 0.344 e. The van der Waals surface area contributed by atoms with E-state index in [1.807, 2.05) is 28.7 Å². The lowest BCUT2D eigenvalue weighted by molar-refractivity contribution is -0.0767. The number of rotatable bonds is 3. The topological polar surface area (TPSA) is 80.5 Å². The summed E-state index contributed by atoms with van der Waals surface area (Å²) in [5.41, 5.74) is 6.53. The van der Waals surface area contributed by atoms with Crippen molar-refractivity contribution in [1.29, 1.82) is 0 Å². The maximum atomic E-state index is 14.3. The monoisotopic (exact) mass is 484 g/mol. The van der Waals surface area contributed by atoms with Gasteiger partial charge in [0.05, 0.1) is 30.4 Å². The maximum absolute atomic E-state index is 14.3. The number of carbonyl (C=O) groups excluding carboxylic acids is 1. The molecule has 1 atom stereocenters. The Balaban J connectivity index is 1.77. The average molecular weight is 484 g/mol. The number of pyridine rings is 1. The first-order valence-corrected chi connectivity index (χ1v) is 9.72. The first-order valence-electron chi connectivity index (χ1n) is 7.83. The molecule has 2 aromatic heterocycles. The fraction of sp³-hybridized carbons (Fsp3) is 0.176. The summed E-state index contributed by atoms with van der Waals surface area (Å²) in [5.74, 6) is -0.703. The third kappa shape index (κ3) is 3.27. The highest BCUT2D eigenvalue weighted by Crippen LogP contribution is 2.38. The Morgan fingerprint density at radius 1 is 1.46 bits per heavy atom. The Hall–Kier alpha value is -1.82. The van der Waals surface area contributed by atoms with Gasteiger partial charge in [0.25, 0.3) is 5.91 Å². The van der Waals surface area contributed by atoms with Gasteiger partial charge in [-0.1, -0.05) is 11.3 Å². The first-order chi connectivity index (χ1) is 12.5. The lowest BCUT2D eigenvalue weighted by Crippen LogP contribution is -2.31. The number of benzene rings is 1. The first kappa shape index (κ1) is 17.6. The molecular weight excluding hydrogens is 470 g/mol. The minimum Gasteiger partial charge on any atom is -0.344 e. The summed E-state index contributed by atoms with van der Waals surface area (Å²) in [6.45, 7) is 0.605.